The van der Waals surface area contributed by atoms with Crippen molar-refractivity contribution in [1.29, 1.82) is 0 Å². The summed E-state index contributed by atoms with van der Waals surface area (Å²) in [7, 11) is 0. The van der Waals surface area contributed by atoms with Gasteiger partial charge in [0.25, 0.3) is 0 Å². The summed E-state index contributed by atoms with van der Waals surface area (Å²) in [4.78, 5) is 4.11. The van der Waals surface area contributed by atoms with E-state index in [9.17, 15) is 4.39 Å². The smallest absolute Gasteiger partial charge is 0.148 e. The number of nitrogen functional groups attached to an aromatic ring is 1. The fourth-order valence-corrected chi connectivity index (χ4v) is 2.06. The van der Waals surface area contributed by atoms with E-state index >= 15 is 0 Å². The summed E-state index contributed by atoms with van der Waals surface area (Å²) < 4.78 is 14.3. The van der Waals surface area contributed by atoms with Crippen molar-refractivity contribution in [3.8, 4) is 0 Å². The van der Waals surface area contributed by atoms with E-state index in [2.05, 4.69) is 26.2 Å². The average molecular weight is 331 g/mol. The topological polar surface area (TPSA) is 50.9 Å². The first-order chi connectivity index (χ1) is 8.50. The van der Waals surface area contributed by atoms with Gasteiger partial charge in [0.05, 0.1) is 27.1 Å². The van der Waals surface area contributed by atoms with E-state index in [1.165, 1.54) is 12.3 Å². The van der Waals surface area contributed by atoms with E-state index in [-0.39, 0.29) is 10.7 Å². The molecular formula is C12H10BrClFN3. The van der Waals surface area contributed by atoms with Crippen LogP contribution in [-0.2, 0) is 0 Å². The maximum Gasteiger partial charge on any atom is 0.148 e. The lowest BCUT2D eigenvalue weighted by Crippen LogP contribution is -2.01. The second kappa shape index (κ2) is 5.12. The predicted octanol–water partition coefficient (Wildman–Crippen LogP) is 4.27. The first kappa shape index (κ1) is 13.1. The molecule has 0 fully saturated rings. The van der Waals surface area contributed by atoms with Crippen molar-refractivity contribution in [3.05, 3.63) is 45.3 Å². The van der Waals surface area contributed by atoms with Crippen molar-refractivity contribution >= 4 is 44.7 Å². The molecule has 0 aliphatic heterocycles. The van der Waals surface area contributed by atoms with Crippen molar-refractivity contribution in [2.45, 2.75) is 6.92 Å². The number of hydrogen-bond acceptors (Lipinski definition) is 3. The number of hydrogen-bond donors (Lipinski definition) is 2. The van der Waals surface area contributed by atoms with Gasteiger partial charge in [-0.25, -0.2) is 9.37 Å². The maximum atomic E-state index is 13.6. The molecule has 0 unspecified atom stereocenters. The number of nitrogens with two attached hydrogens (primary N) is 1. The molecule has 94 valence electrons. The Labute approximate surface area is 117 Å². The van der Waals surface area contributed by atoms with Gasteiger partial charge in [-0.05, 0) is 40.5 Å². The molecule has 0 radical (unpaired) electrons. The normalized spacial score (nSPS) is 10.4. The zero-order valence-electron chi connectivity index (χ0n) is 9.47. The van der Waals surface area contributed by atoms with Crippen LogP contribution in [0.25, 0.3) is 0 Å². The first-order valence-electron chi connectivity index (χ1n) is 5.12. The molecule has 0 aliphatic carbocycles. The molecule has 1 aromatic carbocycles. The lowest BCUT2D eigenvalue weighted by atomic mass is 10.2. The van der Waals surface area contributed by atoms with E-state index < -0.39 is 5.82 Å². The Balaban J connectivity index is 2.44. The SMILES string of the molecule is Cc1c(N)cnc(Nc2c(F)cccc2Cl)c1Br. The molecule has 0 spiro atoms. The second-order valence-electron chi connectivity index (χ2n) is 3.72. The van der Waals surface area contributed by atoms with Crippen LogP contribution in [0.15, 0.2) is 28.9 Å². The van der Waals surface area contributed by atoms with E-state index in [4.69, 9.17) is 17.3 Å². The summed E-state index contributed by atoms with van der Waals surface area (Å²) in [5, 5.41) is 3.15. The molecule has 2 aromatic rings. The highest BCUT2D eigenvalue weighted by molar-refractivity contribution is 9.10. The van der Waals surface area contributed by atoms with Gasteiger partial charge in [-0.1, -0.05) is 17.7 Å². The van der Waals surface area contributed by atoms with Gasteiger partial charge in [-0.3, -0.25) is 0 Å². The number of benzene rings is 1. The largest absolute Gasteiger partial charge is 0.397 e. The van der Waals surface area contributed by atoms with E-state index in [0.29, 0.717) is 16.0 Å². The monoisotopic (exact) mass is 329 g/mol. The van der Waals surface area contributed by atoms with Crippen LogP contribution < -0.4 is 11.1 Å². The number of nitrogens with one attached hydrogen (secondary N) is 1. The van der Waals surface area contributed by atoms with Crippen LogP contribution in [0.4, 0.5) is 21.6 Å². The van der Waals surface area contributed by atoms with Crippen LogP contribution in [0.2, 0.25) is 5.02 Å². The maximum absolute atomic E-state index is 13.6. The molecule has 3 nitrogen and oxygen atoms in total. The zero-order chi connectivity index (χ0) is 13.3. The Morgan fingerprint density at radius 3 is 2.83 bits per heavy atom. The molecule has 2 rings (SSSR count). The van der Waals surface area contributed by atoms with E-state index in [1.54, 1.807) is 12.1 Å². The predicted molar refractivity (Wildman–Crippen MR) is 75.8 cm³/mol. The van der Waals surface area contributed by atoms with Gasteiger partial charge in [-0.2, -0.15) is 0 Å². The quantitative estimate of drug-likeness (QED) is 0.864. The molecule has 0 aliphatic rings. The summed E-state index contributed by atoms with van der Waals surface area (Å²) in [5.74, 6) is 0.0272. The van der Waals surface area contributed by atoms with Gasteiger partial charge in [0.1, 0.15) is 11.6 Å². The van der Waals surface area contributed by atoms with Gasteiger partial charge in [0.15, 0.2) is 0 Å². The zero-order valence-corrected chi connectivity index (χ0v) is 11.8. The number of halogens is 3. The molecule has 6 heteroatoms. The van der Waals surface area contributed by atoms with Crippen molar-refractivity contribution in [1.82, 2.24) is 4.98 Å². The summed E-state index contributed by atoms with van der Waals surface area (Å²) >= 11 is 9.30. The molecule has 0 atom stereocenters. The highest BCUT2D eigenvalue weighted by atomic mass is 79.9. The number of aromatic nitrogens is 1. The first-order valence-corrected chi connectivity index (χ1v) is 6.29. The summed E-state index contributed by atoms with van der Waals surface area (Å²) in [6, 6.07) is 4.47. The summed E-state index contributed by atoms with van der Waals surface area (Å²) in [5.41, 5.74) is 7.31. The van der Waals surface area contributed by atoms with Gasteiger partial charge in [0, 0.05) is 0 Å². The average Bonchev–Trinajstić information content (AvgIpc) is 2.34. The Hall–Kier alpha value is -1.33. The van der Waals surface area contributed by atoms with Gasteiger partial charge < -0.3 is 11.1 Å². The van der Waals surface area contributed by atoms with Crippen molar-refractivity contribution in [3.63, 3.8) is 0 Å². The summed E-state index contributed by atoms with van der Waals surface area (Å²) in [6.07, 6.45) is 1.51. The minimum absolute atomic E-state index is 0.191. The number of anilines is 3. The number of nitrogens with zero attached hydrogens (tertiary/aromatic N) is 1. The van der Waals surface area contributed by atoms with Crippen LogP contribution in [-0.4, -0.2) is 4.98 Å². The second-order valence-corrected chi connectivity index (χ2v) is 4.92. The molecule has 3 N–H and O–H groups in total. The number of para-hydroxylation sites is 1. The third-order valence-electron chi connectivity index (χ3n) is 2.51. The van der Waals surface area contributed by atoms with Gasteiger partial charge >= 0.3 is 0 Å². The fraction of sp³-hybridized carbons (Fsp3) is 0.0833. The molecule has 0 amide bonds. The molecule has 0 saturated carbocycles. The standard InChI is InChI=1S/C12H10BrClFN3/c1-6-9(16)5-17-12(10(6)13)18-11-7(14)3-2-4-8(11)15/h2-5H,16H2,1H3,(H,17,18). The van der Waals surface area contributed by atoms with E-state index in [1.807, 2.05) is 6.92 Å². The highest BCUT2D eigenvalue weighted by Crippen LogP contribution is 2.33. The van der Waals surface area contributed by atoms with Crippen LogP contribution >= 0.6 is 27.5 Å². The highest BCUT2D eigenvalue weighted by Gasteiger charge is 2.12. The lowest BCUT2D eigenvalue weighted by molar-refractivity contribution is 0.632. The van der Waals surface area contributed by atoms with E-state index in [0.717, 1.165) is 5.56 Å². The Morgan fingerprint density at radius 1 is 1.44 bits per heavy atom. The molecule has 0 saturated heterocycles. The third-order valence-corrected chi connectivity index (χ3v) is 3.79. The van der Waals surface area contributed by atoms with Crippen LogP contribution in [0.1, 0.15) is 5.56 Å². The number of rotatable bonds is 2. The molecule has 18 heavy (non-hydrogen) atoms. The van der Waals surface area contributed by atoms with Crippen molar-refractivity contribution in [2.24, 2.45) is 0 Å². The van der Waals surface area contributed by atoms with Crippen LogP contribution in [0.5, 0.6) is 0 Å². The van der Waals surface area contributed by atoms with Gasteiger partial charge in [0.2, 0.25) is 0 Å². The fourth-order valence-electron chi connectivity index (χ4n) is 1.41. The van der Waals surface area contributed by atoms with Crippen molar-refractivity contribution in [2.75, 3.05) is 11.1 Å². The Bertz CT molecular complexity index is 584. The third kappa shape index (κ3) is 2.42. The molecular weight excluding hydrogens is 321 g/mol. The van der Waals surface area contributed by atoms with Crippen LogP contribution in [0, 0.1) is 12.7 Å². The molecule has 1 aromatic heterocycles. The minimum atomic E-state index is -0.439. The Morgan fingerprint density at radius 2 is 2.17 bits per heavy atom. The minimum Gasteiger partial charge on any atom is -0.397 e. The molecule has 0 bridgehead atoms. The lowest BCUT2D eigenvalue weighted by Gasteiger charge is -2.12. The van der Waals surface area contributed by atoms with Gasteiger partial charge in [-0.15, -0.1) is 0 Å². The molecule has 1 heterocycles. The van der Waals surface area contributed by atoms with Crippen molar-refractivity contribution < 1.29 is 4.39 Å². The summed E-state index contributed by atoms with van der Waals surface area (Å²) in [6.45, 7) is 1.84. The number of pyridine rings is 1. The van der Waals surface area contributed by atoms with Crippen LogP contribution in [0.3, 0.4) is 0 Å². The Kier molecular flexibility index (Phi) is 3.73.